The average Bonchev–Trinajstić information content (AvgIpc) is 3.48. The molecule has 1 N–H and O–H groups in total. The molecule has 218 valence electrons. The normalized spacial score (nSPS) is 23.8. The van der Waals surface area contributed by atoms with Crippen LogP contribution in [0, 0.1) is 5.41 Å². The number of fused-ring (bicyclic) bond motifs is 1. The average molecular weight is 580 g/mol. The fourth-order valence-electron chi connectivity index (χ4n) is 6.65. The number of carbonyl (C=O) groups excluding carboxylic acids is 2. The Morgan fingerprint density at radius 2 is 1.78 bits per heavy atom. The molecule has 41 heavy (non-hydrogen) atoms. The van der Waals surface area contributed by atoms with Crippen LogP contribution in [0.4, 0.5) is 10.6 Å². The second-order valence-electron chi connectivity index (χ2n) is 13.0. The van der Waals surface area contributed by atoms with Crippen LogP contribution in [-0.2, 0) is 9.53 Å². The van der Waals surface area contributed by atoms with E-state index in [-0.39, 0.29) is 35.1 Å². The molecule has 3 atom stereocenters. The molecule has 2 saturated heterocycles. The summed E-state index contributed by atoms with van der Waals surface area (Å²) in [4.78, 5) is 42.6. The Labute approximate surface area is 246 Å². The smallest absolute Gasteiger partial charge is 0.410 e. The molecule has 3 heterocycles. The number of hydrogen-bond acceptors (Lipinski definition) is 7. The highest BCUT2D eigenvalue weighted by Gasteiger charge is 2.57. The first kappa shape index (κ1) is 27.8. The van der Waals surface area contributed by atoms with Gasteiger partial charge in [-0.2, -0.15) is 0 Å². The molecule has 1 spiro atoms. The van der Waals surface area contributed by atoms with Gasteiger partial charge in [-0.3, -0.25) is 4.79 Å². The third-order valence-corrected chi connectivity index (χ3v) is 9.12. The SMILES string of the molecule is C[C@@H]1C=C(O)c2ncnc(N3CCN(C(=O)[C@@H](c4ccc(Cl)cc4)[C@@H]4CC5(CC5)CN4C(=O)OC(C)(C)C)CC3)c21. The molecule has 2 amide bonds. The predicted octanol–water partition coefficient (Wildman–Crippen LogP) is 5.37. The van der Waals surface area contributed by atoms with E-state index in [0.717, 1.165) is 36.2 Å². The molecular formula is C31H38ClN5O4. The summed E-state index contributed by atoms with van der Waals surface area (Å²) >= 11 is 6.23. The number of aromatic nitrogens is 2. The van der Waals surface area contributed by atoms with E-state index in [1.54, 1.807) is 6.08 Å². The van der Waals surface area contributed by atoms with Gasteiger partial charge in [0.15, 0.2) is 0 Å². The van der Waals surface area contributed by atoms with Gasteiger partial charge in [-0.15, -0.1) is 0 Å². The summed E-state index contributed by atoms with van der Waals surface area (Å²) in [5.74, 6) is 0.521. The van der Waals surface area contributed by atoms with Crippen molar-refractivity contribution in [1.82, 2.24) is 19.8 Å². The molecule has 2 aliphatic heterocycles. The van der Waals surface area contributed by atoms with E-state index in [1.165, 1.54) is 6.33 Å². The second kappa shape index (κ2) is 10.2. The van der Waals surface area contributed by atoms with Crippen LogP contribution in [-0.4, -0.2) is 81.2 Å². The Hall–Kier alpha value is -3.33. The third kappa shape index (κ3) is 5.36. The van der Waals surface area contributed by atoms with Gasteiger partial charge in [0.1, 0.15) is 29.2 Å². The minimum Gasteiger partial charge on any atom is -0.506 e. The molecule has 1 aromatic heterocycles. The number of likely N-dealkylation sites (tertiary alicyclic amines) is 1. The van der Waals surface area contributed by atoms with Crippen LogP contribution in [0.25, 0.3) is 5.76 Å². The fourth-order valence-corrected chi connectivity index (χ4v) is 6.78. The van der Waals surface area contributed by atoms with E-state index in [9.17, 15) is 14.7 Å². The summed E-state index contributed by atoms with van der Waals surface area (Å²) in [5.41, 5.74) is 1.83. The number of benzene rings is 1. The van der Waals surface area contributed by atoms with E-state index in [4.69, 9.17) is 16.3 Å². The Bertz CT molecular complexity index is 1380. The molecule has 3 fully saturated rings. The topological polar surface area (TPSA) is 99.1 Å². The van der Waals surface area contributed by atoms with Crippen molar-refractivity contribution in [2.75, 3.05) is 37.6 Å². The molecule has 9 nitrogen and oxygen atoms in total. The predicted molar refractivity (Wildman–Crippen MR) is 157 cm³/mol. The lowest BCUT2D eigenvalue weighted by atomic mass is 9.86. The van der Waals surface area contributed by atoms with Crippen LogP contribution in [0.15, 0.2) is 36.7 Å². The van der Waals surface area contributed by atoms with Crippen molar-refractivity contribution in [2.45, 2.75) is 70.4 Å². The number of aliphatic hydroxyl groups is 1. The number of aliphatic hydroxyl groups excluding tert-OH is 1. The van der Waals surface area contributed by atoms with Gasteiger partial charge in [0.25, 0.3) is 0 Å². The second-order valence-corrected chi connectivity index (χ2v) is 13.5. The minimum atomic E-state index is -0.623. The van der Waals surface area contributed by atoms with E-state index < -0.39 is 11.5 Å². The highest BCUT2D eigenvalue weighted by molar-refractivity contribution is 6.30. The van der Waals surface area contributed by atoms with Gasteiger partial charge in [0.2, 0.25) is 5.91 Å². The van der Waals surface area contributed by atoms with Gasteiger partial charge >= 0.3 is 6.09 Å². The summed E-state index contributed by atoms with van der Waals surface area (Å²) in [6.45, 7) is 10.5. The molecule has 0 radical (unpaired) electrons. The van der Waals surface area contributed by atoms with Crippen molar-refractivity contribution >= 4 is 35.2 Å². The van der Waals surface area contributed by atoms with Crippen LogP contribution in [0.1, 0.15) is 75.6 Å². The fraction of sp³-hybridized carbons (Fsp3) is 0.548. The maximum atomic E-state index is 14.4. The van der Waals surface area contributed by atoms with Crippen LogP contribution in [0.5, 0.6) is 0 Å². The lowest BCUT2D eigenvalue weighted by molar-refractivity contribution is -0.134. The molecule has 6 rings (SSSR count). The van der Waals surface area contributed by atoms with Gasteiger partial charge in [-0.05, 0) is 69.2 Å². The first-order chi connectivity index (χ1) is 19.4. The standard InChI is InChI=1S/C31H38ClN5O4/c1-19-15-23(38)26-24(19)27(34-18-33-26)35-11-13-36(14-12-35)28(39)25(20-5-7-21(32)8-6-20)22-16-31(9-10-31)17-37(22)29(40)41-30(2,3)4/h5-8,15,18-19,22,25,38H,9-14,16-17H2,1-4H3/t19-,22+,25+/m1/s1. The largest absolute Gasteiger partial charge is 0.506 e. The van der Waals surface area contributed by atoms with E-state index in [1.807, 2.05) is 61.8 Å². The number of carbonyl (C=O) groups is 2. The zero-order valence-electron chi connectivity index (χ0n) is 24.1. The van der Waals surface area contributed by atoms with Crippen molar-refractivity contribution in [2.24, 2.45) is 5.41 Å². The van der Waals surface area contributed by atoms with Gasteiger partial charge in [0, 0.05) is 49.2 Å². The number of ether oxygens (including phenoxy) is 1. The van der Waals surface area contributed by atoms with Gasteiger partial charge in [-0.25, -0.2) is 14.8 Å². The number of amides is 2. The number of nitrogens with zero attached hydrogens (tertiary/aromatic N) is 5. The van der Waals surface area contributed by atoms with Gasteiger partial charge in [-0.1, -0.05) is 30.7 Å². The summed E-state index contributed by atoms with van der Waals surface area (Å²) < 4.78 is 5.82. The lowest BCUT2D eigenvalue weighted by Gasteiger charge is -2.40. The highest BCUT2D eigenvalue weighted by atomic mass is 35.5. The Morgan fingerprint density at radius 1 is 1.10 bits per heavy atom. The Balaban J connectivity index is 1.25. The molecule has 0 bridgehead atoms. The summed E-state index contributed by atoms with van der Waals surface area (Å²) in [7, 11) is 0. The van der Waals surface area contributed by atoms with Crippen molar-refractivity contribution in [1.29, 1.82) is 0 Å². The number of hydrogen-bond donors (Lipinski definition) is 1. The number of allylic oxidation sites excluding steroid dienone is 1. The van der Waals surface area contributed by atoms with Crippen LogP contribution in [0.2, 0.25) is 5.02 Å². The van der Waals surface area contributed by atoms with Crippen LogP contribution in [0.3, 0.4) is 0 Å². The van der Waals surface area contributed by atoms with Crippen LogP contribution >= 0.6 is 11.6 Å². The van der Waals surface area contributed by atoms with Crippen molar-refractivity contribution < 1.29 is 19.4 Å². The maximum Gasteiger partial charge on any atom is 0.410 e. The summed E-state index contributed by atoms with van der Waals surface area (Å²) in [6.07, 6.45) is 5.84. The first-order valence-electron chi connectivity index (χ1n) is 14.5. The number of rotatable bonds is 4. The minimum absolute atomic E-state index is 0.0174. The Kier molecular flexibility index (Phi) is 6.91. The summed E-state index contributed by atoms with van der Waals surface area (Å²) in [6, 6.07) is 7.16. The lowest BCUT2D eigenvalue weighted by Crippen LogP contribution is -2.53. The van der Waals surface area contributed by atoms with Gasteiger partial charge < -0.3 is 24.5 Å². The van der Waals surface area contributed by atoms with Crippen molar-refractivity contribution in [3.63, 3.8) is 0 Å². The monoisotopic (exact) mass is 579 g/mol. The molecule has 4 aliphatic rings. The zero-order valence-corrected chi connectivity index (χ0v) is 24.9. The molecule has 1 aromatic carbocycles. The number of piperazine rings is 1. The van der Waals surface area contributed by atoms with Crippen molar-refractivity contribution in [3.05, 3.63) is 58.5 Å². The van der Waals surface area contributed by atoms with E-state index in [2.05, 4.69) is 14.9 Å². The van der Waals surface area contributed by atoms with E-state index in [0.29, 0.717) is 43.4 Å². The summed E-state index contributed by atoms with van der Waals surface area (Å²) in [5, 5.41) is 10.9. The van der Waals surface area contributed by atoms with Crippen molar-refractivity contribution in [3.8, 4) is 0 Å². The zero-order chi connectivity index (χ0) is 29.1. The molecule has 0 unspecified atom stereocenters. The van der Waals surface area contributed by atoms with Crippen LogP contribution < -0.4 is 4.90 Å². The molecular weight excluding hydrogens is 542 g/mol. The Morgan fingerprint density at radius 3 is 2.41 bits per heavy atom. The quantitative estimate of drug-likeness (QED) is 0.520. The van der Waals surface area contributed by atoms with E-state index >= 15 is 0 Å². The third-order valence-electron chi connectivity index (χ3n) is 8.87. The maximum absolute atomic E-state index is 14.4. The molecule has 10 heteroatoms. The molecule has 2 aromatic rings. The first-order valence-corrected chi connectivity index (χ1v) is 14.9. The number of anilines is 1. The molecule has 1 saturated carbocycles. The number of halogens is 1. The van der Waals surface area contributed by atoms with Gasteiger partial charge in [0.05, 0.1) is 12.0 Å². The molecule has 2 aliphatic carbocycles. The highest BCUT2D eigenvalue weighted by Crippen LogP contribution is 2.57.